The molecule has 1 aromatic rings. The van der Waals surface area contributed by atoms with E-state index < -0.39 is 11.4 Å². The van der Waals surface area contributed by atoms with Crippen LogP contribution in [0.3, 0.4) is 0 Å². The number of rotatable bonds is 7. The van der Waals surface area contributed by atoms with E-state index in [-0.39, 0.29) is 19.8 Å². The second kappa shape index (κ2) is 7.12. The minimum Gasteiger partial charge on any atom is -0.493 e. The minimum absolute atomic E-state index is 0.227. The van der Waals surface area contributed by atoms with Crippen LogP contribution in [0.1, 0.15) is 12.5 Å². The lowest BCUT2D eigenvalue weighted by molar-refractivity contribution is -0.126. The fourth-order valence-corrected chi connectivity index (χ4v) is 1.54. The molecular formula is C14H21NO5. The second-order valence-electron chi connectivity index (χ2n) is 4.87. The largest absolute Gasteiger partial charge is 0.493 e. The molecule has 112 valence electrons. The van der Waals surface area contributed by atoms with Gasteiger partial charge in [-0.25, -0.2) is 0 Å². The third-order valence-electron chi connectivity index (χ3n) is 2.82. The molecule has 6 heteroatoms. The number of nitrogens with one attached hydrogen (secondary N) is 1. The van der Waals surface area contributed by atoms with Crippen molar-refractivity contribution in [1.82, 2.24) is 5.32 Å². The Hall–Kier alpha value is -1.79. The van der Waals surface area contributed by atoms with Crippen molar-refractivity contribution >= 4 is 5.91 Å². The molecule has 0 unspecified atom stereocenters. The normalized spacial score (nSPS) is 11.1. The fourth-order valence-electron chi connectivity index (χ4n) is 1.54. The lowest BCUT2D eigenvalue weighted by Crippen LogP contribution is -2.53. The Bertz CT molecular complexity index is 457. The smallest absolute Gasteiger partial charge is 0.258 e. The number of hydrogen-bond donors (Lipinski definition) is 3. The molecule has 0 saturated heterocycles. The van der Waals surface area contributed by atoms with Gasteiger partial charge >= 0.3 is 0 Å². The maximum Gasteiger partial charge on any atom is 0.258 e. The number of amides is 1. The number of aliphatic hydroxyl groups excluding tert-OH is 2. The van der Waals surface area contributed by atoms with Crippen molar-refractivity contribution in [2.45, 2.75) is 19.4 Å². The summed E-state index contributed by atoms with van der Waals surface area (Å²) in [7, 11) is 1.52. The van der Waals surface area contributed by atoms with E-state index in [9.17, 15) is 4.79 Å². The van der Waals surface area contributed by atoms with Gasteiger partial charge in [0.25, 0.3) is 5.91 Å². The summed E-state index contributed by atoms with van der Waals surface area (Å²) in [6, 6.07) is 5.37. The first-order chi connectivity index (χ1) is 9.44. The summed E-state index contributed by atoms with van der Waals surface area (Å²) >= 11 is 0. The topological polar surface area (TPSA) is 88.0 Å². The Balaban J connectivity index is 2.61. The van der Waals surface area contributed by atoms with Crippen molar-refractivity contribution in [1.29, 1.82) is 0 Å². The molecule has 0 aliphatic heterocycles. The molecule has 0 bridgehead atoms. The Morgan fingerprint density at radius 3 is 2.50 bits per heavy atom. The predicted octanol–water partition coefficient (Wildman–Crippen LogP) is 0.242. The van der Waals surface area contributed by atoms with Crippen molar-refractivity contribution in [2.24, 2.45) is 0 Å². The number of methoxy groups -OCH3 is 1. The summed E-state index contributed by atoms with van der Waals surface area (Å²) < 4.78 is 10.5. The molecule has 0 heterocycles. The lowest BCUT2D eigenvalue weighted by atomic mass is 10.1. The number of benzene rings is 1. The first-order valence-corrected chi connectivity index (χ1v) is 6.24. The van der Waals surface area contributed by atoms with Crippen LogP contribution in [0.5, 0.6) is 11.5 Å². The Morgan fingerprint density at radius 1 is 1.30 bits per heavy atom. The first kappa shape index (κ1) is 16.3. The number of aryl methyl sites for hydroxylation is 1. The van der Waals surface area contributed by atoms with E-state index in [0.29, 0.717) is 11.5 Å². The maximum atomic E-state index is 11.7. The van der Waals surface area contributed by atoms with Crippen LogP contribution < -0.4 is 14.8 Å². The molecule has 0 aliphatic carbocycles. The monoisotopic (exact) mass is 283 g/mol. The van der Waals surface area contributed by atoms with Crippen molar-refractivity contribution in [3.05, 3.63) is 23.8 Å². The molecule has 0 fully saturated rings. The molecule has 0 aliphatic rings. The molecule has 6 nitrogen and oxygen atoms in total. The highest BCUT2D eigenvalue weighted by molar-refractivity contribution is 5.78. The van der Waals surface area contributed by atoms with Gasteiger partial charge < -0.3 is 25.0 Å². The number of aliphatic hydroxyl groups is 2. The minimum atomic E-state index is -1.06. The standard InChI is InChI=1S/C14H21NO5/c1-10-4-5-11(12(6-10)19-3)20-7-13(18)15-14(2,8-16)9-17/h4-6,16-17H,7-9H2,1-3H3,(H,15,18). The van der Waals surface area contributed by atoms with E-state index in [4.69, 9.17) is 19.7 Å². The van der Waals surface area contributed by atoms with Gasteiger partial charge in [-0.1, -0.05) is 6.07 Å². The second-order valence-corrected chi connectivity index (χ2v) is 4.87. The highest BCUT2D eigenvalue weighted by atomic mass is 16.5. The molecule has 0 saturated carbocycles. The molecule has 1 rings (SSSR count). The zero-order valence-corrected chi connectivity index (χ0v) is 12.0. The van der Waals surface area contributed by atoms with E-state index in [1.54, 1.807) is 12.1 Å². The van der Waals surface area contributed by atoms with Crippen LogP contribution in [0, 0.1) is 6.92 Å². The molecule has 0 atom stereocenters. The average molecular weight is 283 g/mol. The Morgan fingerprint density at radius 2 is 1.95 bits per heavy atom. The van der Waals surface area contributed by atoms with Crippen LogP contribution in [-0.2, 0) is 4.79 Å². The van der Waals surface area contributed by atoms with Crippen LogP contribution in [0.25, 0.3) is 0 Å². The predicted molar refractivity (Wildman–Crippen MR) is 73.9 cm³/mol. The fraction of sp³-hybridized carbons (Fsp3) is 0.500. The number of carbonyl (C=O) groups excluding carboxylic acids is 1. The molecular weight excluding hydrogens is 262 g/mol. The van der Waals surface area contributed by atoms with E-state index in [2.05, 4.69) is 5.32 Å². The summed E-state index contributed by atoms with van der Waals surface area (Å²) in [6.07, 6.45) is 0. The summed E-state index contributed by atoms with van der Waals surface area (Å²) in [5, 5.41) is 20.7. The van der Waals surface area contributed by atoms with E-state index >= 15 is 0 Å². The molecule has 1 aromatic carbocycles. The average Bonchev–Trinajstić information content (AvgIpc) is 2.45. The highest BCUT2D eigenvalue weighted by Crippen LogP contribution is 2.27. The molecule has 3 N–H and O–H groups in total. The van der Waals surface area contributed by atoms with Gasteiger partial charge in [0, 0.05) is 0 Å². The van der Waals surface area contributed by atoms with Crippen molar-refractivity contribution in [3.63, 3.8) is 0 Å². The van der Waals surface area contributed by atoms with Crippen LogP contribution >= 0.6 is 0 Å². The van der Waals surface area contributed by atoms with Gasteiger partial charge in [-0.3, -0.25) is 4.79 Å². The van der Waals surface area contributed by atoms with Gasteiger partial charge in [0.15, 0.2) is 18.1 Å². The molecule has 0 aromatic heterocycles. The van der Waals surface area contributed by atoms with Crippen molar-refractivity contribution < 1.29 is 24.5 Å². The Kier molecular flexibility index (Phi) is 5.79. The van der Waals surface area contributed by atoms with Crippen LogP contribution in [0.4, 0.5) is 0 Å². The molecule has 20 heavy (non-hydrogen) atoms. The van der Waals surface area contributed by atoms with E-state index in [0.717, 1.165) is 5.56 Å². The van der Waals surface area contributed by atoms with E-state index in [1.165, 1.54) is 14.0 Å². The zero-order chi connectivity index (χ0) is 15.2. The van der Waals surface area contributed by atoms with Crippen LogP contribution in [0.2, 0.25) is 0 Å². The van der Waals surface area contributed by atoms with Gasteiger partial charge in [0.1, 0.15) is 0 Å². The number of hydrogen-bond acceptors (Lipinski definition) is 5. The maximum absolute atomic E-state index is 11.7. The molecule has 0 radical (unpaired) electrons. The number of carbonyl (C=O) groups is 1. The quantitative estimate of drug-likeness (QED) is 0.667. The van der Waals surface area contributed by atoms with Crippen molar-refractivity contribution in [2.75, 3.05) is 26.9 Å². The van der Waals surface area contributed by atoms with Gasteiger partial charge in [-0.15, -0.1) is 0 Å². The molecule has 1 amide bonds. The van der Waals surface area contributed by atoms with Gasteiger partial charge in [-0.2, -0.15) is 0 Å². The molecule has 0 spiro atoms. The highest BCUT2D eigenvalue weighted by Gasteiger charge is 2.24. The Labute approximate surface area is 118 Å². The van der Waals surface area contributed by atoms with Gasteiger partial charge in [0.05, 0.1) is 25.9 Å². The van der Waals surface area contributed by atoms with Gasteiger partial charge in [0.2, 0.25) is 0 Å². The summed E-state index contributed by atoms with van der Waals surface area (Å²) in [4.78, 5) is 11.7. The van der Waals surface area contributed by atoms with E-state index in [1.807, 2.05) is 13.0 Å². The van der Waals surface area contributed by atoms with Gasteiger partial charge in [-0.05, 0) is 31.5 Å². The van der Waals surface area contributed by atoms with Crippen molar-refractivity contribution in [3.8, 4) is 11.5 Å². The third-order valence-corrected chi connectivity index (χ3v) is 2.82. The van der Waals surface area contributed by atoms with Crippen LogP contribution in [-0.4, -0.2) is 48.6 Å². The van der Waals surface area contributed by atoms with Crippen LogP contribution in [0.15, 0.2) is 18.2 Å². The summed E-state index contributed by atoms with van der Waals surface area (Å²) in [6.45, 7) is 2.52. The zero-order valence-electron chi connectivity index (χ0n) is 12.0. The third kappa shape index (κ3) is 4.40. The summed E-state index contributed by atoms with van der Waals surface area (Å²) in [5.41, 5.74) is -0.0376. The number of ether oxygens (including phenoxy) is 2. The summed E-state index contributed by atoms with van der Waals surface area (Å²) in [5.74, 6) is 0.575. The SMILES string of the molecule is COc1cc(C)ccc1OCC(=O)NC(C)(CO)CO. The lowest BCUT2D eigenvalue weighted by Gasteiger charge is -2.26. The first-order valence-electron chi connectivity index (χ1n) is 6.24.